The van der Waals surface area contributed by atoms with Crippen LogP contribution < -0.4 is 14.4 Å². The summed E-state index contributed by atoms with van der Waals surface area (Å²) in [6.07, 6.45) is 0.120. The lowest BCUT2D eigenvalue weighted by Gasteiger charge is -2.37. The van der Waals surface area contributed by atoms with Crippen molar-refractivity contribution in [3.63, 3.8) is 0 Å². The van der Waals surface area contributed by atoms with Crippen LogP contribution >= 0.6 is 0 Å². The molecule has 8 heteroatoms. The van der Waals surface area contributed by atoms with E-state index in [2.05, 4.69) is 26.1 Å². The largest absolute Gasteiger partial charge is 0.495 e. The second kappa shape index (κ2) is 10.5. The van der Waals surface area contributed by atoms with Crippen molar-refractivity contribution < 1.29 is 19.0 Å². The van der Waals surface area contributed by atoms with Crippen molar-refractivity contribution in [1.29, 1.82) is 0 Å². The van der Waals surface area contributed by atoms with Crippen LogP contribution in [0.3, 0.4) is 0 Å². The molecule has 2 aromatic carbocycles. The average molecular weight is 439 g/mol. The Balaban J connectivity index is 1.25. The summed E-state index contributed by atoms with van der Waals surface area (Å²) >= 11 is 0. The lowest BCUT2D eigenvalue weighted by atomic mass is 10.2. The van der Waals surface area contributed by atoms with Gasteiger partial charge in [-0.15, -0.1) is 10.2 Å². The second-order valence-corrected chi connectivity index (χ2v) is 7.81. The van der Waals surface area contributed by atoms with Crippen LogP contribution in [0.15, 0.2) is 52.9 Å². The van der Waals surface area contributed by atoms with Gasteiger partial charge in [-0.05, 0) is 30.3 Å². The minimum absolute atomic E-state index is 0.222. The molecule has 0 radical (unpaired) electrons. The Morgan fingerprint density at radius 3 is 2.62 bits per heavy atom. The topological polar surface area (TPSA) is 84.1 Å². The highest BCUT2D eigenvalue weighted by atomic mass is 16.5. The summed E-state index contributed by atoms with van der Waals surface area (Å²) in [6, 6.07) is 15.6. The van der Waals surface area contributed by atoms with Crippen molar-refractivity contribution in [2.45, 2.75) is 19.4 Å². The molecule has 0 spiro atoms. The molecule has 3 aromatic rings. The Labute approximate surface area is 188 Å². The first-order valence-electron chi connectivity index (χ1n) is 11.0. The molecule has 1 unspecified atom stereocenters. The zero-order chi connectivity index (χ0) is 22.3. The quantitative estimate of drug-likeness (QED) is 0.546. The second-order valence-electron chi connectivity index (χ2n) is 7.81. The standard InChI is InChI=1S/C24H30N4O4/c1-3-23-25-26-24(32-23)18-7-6-8-20(15-18)31-17-19(29)16-27-11-13-28(14-12-27)21-9-4-5-10-22(21)30-2/h4-10,15,19,29H,3,11-14,16-17H2,1-2H3. The average Bonchev–Trinajstić information content (AvgIpc) is 3.33. The molecular formula is C24H30N4O4. The zero-order valence-corrected chi connectivity index (χ0v) is 18.6. The zero-order valence-electron chi connectivity index (χ0n) is 18.6. The third kappa shape index (κ3) is 5.38. The Kier molecular flexibility index (Phi) is 7.24. The Morgan fingerprint density at radius 2 is 1.88 bits per heavy atom. The summed E-state index contributed by atoms with van der Waals surface area (Å²) < 4.78 is 16.9. The molecule has 2 heterocycles. The molecule has 1 aliphatic rings. The number of ether oxygens (including phenoxy) is 2. The van der Waals surface area contributed by atoms with Crippen molar-refractivity contribution in [2.75, 3.05) is 51.3 Å². The summed E-state index contributed by atoms with van der Waals surface area (Å²) in [7, 11) is 1.70. The fourth-order valence-electron chi connectivity index (χ4n) is 3.84. The van der Waals surface area contributed by atoms with Crippen LogP contribution in [0.25, 0.3) is 11.5 Å². The molecule has 1 atom stereocenters. The van der Waals surface area contributed by atoms with Gasteiger partial charge in [-0.25, -0.2) is 0 Å². The van der Waals surface area contributed by atoms with Gasteiger partial charge < -0.3 is 23.9 Å². The van der Waals surface area contributed by atoms with Crippen LogP contribution in [-0.4, -0.2) is 72.7 Å². The Hall–Kier alpha value is -3.10. The predicted octanol–water partition coefficient (Wildman–Crippen LogP) is 2.87. The van der Waals surface area contributed by atoms with E-state index < -0.39 is 6.10 Å². The summed E-state index contributed by atoms with van der Waals surface area (Å²) in [5.74, 6) is 2.63. The number of methoxy groups -OCH3 is 1. The molecule has 170 valence electrons. The third-order valence-corrected chi connectivity index (χ3v) is 5.56. The van der Waals surface area contributed by atoms with E-state index in [4.69, 9.17) is 13.9 Å². The van der Waals surface area contributed by atoms with Gasteiger partial charge in [-0.3, -0.25) is 4.90 Å². The number of piperazine rings is 1. The first-order chi connectivity index (χ1) is 15.7. The van der Waals surface area contributed by atoms with E-state index in [0.717, 1.165) is 43.2 Å². The molecule has 1 saturated heterocycles. The van der Waals surface area contributed by atoms with Crippen LogP contribution in [0.4, 0.5) is 5.69 Å². The van der Waals surface area contributed by atoms with Gasteiger partial charge in [0, 0.05) is 44.7 Å². The monoisotopic (exact) mass is 438 g/mol. The minimum atomic E-state index is -0.577. The van der Waals surface area contributed by atoms with Gasteiger partial charge >= 0.3 is 0 Å². The summed E-state index contributed by atoms with van der Waals surface area (Å²) in [5.41, 5.74) is 1.92. The van der Waals surface area contributed by atoms with Gasteiger partial charge in [0.25, 0.3) is 0 Å². The number of aryl methyl sites for hydroxylation is 1. The summed E-state index contributed by atoms with van der Waals surface area (Å²) in [4.78, 5) is 4.59. The molecular weight excluding hydrogens is 408 g/mol. The first kappa shape index (κ1) is 22.1. The van der Waals surface area contributed by atoms with E-state index >= 15 is 0 Å². The SMILES string of the molecule is CCc1nnc(-c2cccc(OCC(O)CN3CCN(c4ccccc4OC)CC3)c2)o1. The molecule has 1 N–H and O–H groups in total. The van der Waals surface area contributed by atoms with E-state index in [9.17, 15) is 5.11 Å². The highest BCUT2D eigenvalue weighted by Crippen LogP contribution is 2.28. The normalized spacial score (nSPS) is 15.5. The number of rotatable bonds is 9. The van der Waals surface area contributed by atoms with Crippen LogP contribution in [0, 0.1) is 0 Å². The fourth-order valence-corrected chi connectivity index (χ4v) is 3.84. The van der Waals surface area contributed by atoms with Gasteiger partial charge in [-0.2, -0.15) is 0 Å². The summed E-state index contributed by atoms with van der Waals surface area (Å²) in [6.45, 7) is 6.29. The van der Waals surface area contributed by atoms with Crippen molar-refractivity contribution >= 4 is 5.69 Å². The van der Waals surface area contributed by atoms with E-state index in [0.29, 0.717) is 30.5 Å². The van der Waals surface area contributed by atoms with Crippen molar-refractivity contribution in [3.8, 4) is 23.0 Å². The van der Waals surface area contributed by atoms with Crippen molar-refractivity contribution in [1.82, 2.24) is 15.1 Å². The summed E-state index contributed by atoms with van der Waals surface area (Å²) in [5, 5.41) is 18.6. The van der Waals surface area contributed by atoms with Gasteiger partial charge in [0.15, 0.2) is 0 Å². The molecule has 32 heavy (non-hydrogen) atoms. The van der Waals surface area contributed by atoms with Crippen LogP contribution in [0.5, 0.6) is 11.5 Å². The van der Waals surface area contributed by atoms with Gasteiger partial charge in [-0.1, -0.05) is 25.1 Å². The van der Waals surface area contributed by atoms with Crippen molar-refractivity contribution in [3.05, 3.63) is 54.4 Å². The lowest BCUT2D eigenvalue weighted by molar-refractivity contribution is 0.0663. The number of hydrogen-bond donors (Lipinski definition) is 1. The van der Waals surface area contributed by atoms with Crippen molar-refractivity contribution in [2.24, 2.45) is 0 Å². The van der Waals surface area contributed by atoms with Crippen LogP contribution in [-0.2, 0) is 6.42 Å². The number of para-hydroxylation sites is 2. The predicted molar refractivity (Wildman–Crippen MR) is 122 cm³/mol. The van der Waals surface area contributed by atoms with Crippen LogP contribution in [0.2, 0.25) is 0 Å². The molecule has 1 aliphatic heterocycles. The number of hydrogen-bond acceptors (Lipinski definition) is 8. The molecule has 0 saturated carbocycles. The maximum Gasteiger partial charge on any atom is 0.247 e. The third-order valence-electron chi connectivity index (χ3n) is 5.56. The number of β-amino-alcohol motifs (C(OH)–C–C–N with tert-alkyl or cyclic N) is 1. The number of nitrogens with zero attached hydrogens (tertiary/aromatic N) is 4. The molecule has 0 amide bonds. The number of aliphatic hydroxyl groups excluding tert-OH is 1. The number of aromatic nitrogens is 2. The first-order valence-corrected chi connectivity index (χ1v) is 11.0. The molecule has 4 rings (SSSR count). The van der Waals surface area contributed by atoms with Gasteiger partial charge in [0.1, 0.15) is 24.2 Å². The van der Waals surface area contributed by atoms with Crippen LogP contribution in [0.1, 0.15) is 12.8 Å². The number of benzene rings is 2. The molecule has 8 nitrogen and oxygen atoms in total. The number of aliphatic hydroxyl groups is 1. The van der Waals surface area contributed by atoms with E-state index in [-0.39, 0.29) is 6.61 Å². The molecule has 1 fully saturated rings. The van der Waals surface area contributed by atoms with E-state index in [1.165, 1.54) is 0 Å². The maximum atomic E-state index is 10.5. The minimum Gasteiger partial charge on any atom is -0.495 e. The van der Waals surface area contributed by atoms with E-state index in [1.807, 2.05) is 49.4 Å². The smallest absolute Gasteiger partial charge is 0.247 e. The van der Waals surface area contributed by atoms with Gasteiger partial charge in [0.05, 0.1) is 12.8 Å². The van der Waals surface area contributed by atoms with Gasteiger partial charge in [0.2, 0.25) is 11.8 Å². The number of anilines is 1. The highest BCUT2D eigenvalue weighted by Gasteiger charge is 2.21. The molecule has 0 bridgehead atoms. The molecule has 1 aromatic heterocycles. The highest BCUT2D eigenvalue weighted by molar-refractivity contribution is 5.58. The molecule has 0 aliphatic carbocycles. The fraction of sp³-hybridized carbons (Fsp3) is 0.417. The Bertz CT molecular complexity index is 1000. The lowest BCUT2D eigenvalue weighted by Crippen LogP contribution is -2.49. The van der Waals surface area contributed by atoms with E-state index in [1.54, 1.807) is 7.11 Å². The maximum absolute atomic E-state index is 10.5. The Morgan fingerprint density at radius 1 is 1.06 bits per heavy atom.